The van der Waals surface area contributed by atoms with Crippen molar-refractivity contribution in [3.8, 4) is 0 Å². The van der Waals surface area contributed by atoms with E-state index in [0.29, 0.717) is 17.1 Å². The first kappa shape index (κ1) is 14.3. The molecule has 2 heterocycles. The summed E-state index contributed by atoms with van der Waals surface area (Å²) in [5.41, 5.74) is 7.21. The van der Waals surface area contributed by atoms with E-state index in [1.165, 1.54) is 18.6 Å². The summed E-state index contributed by atoms with van der Waals surface area (Å²) in [4.78, 5) is 13.6. The zero-order chi connectivity index (χ0) is 14.0. The van der Waals surface area contributed by atoms with Crippen molar-refractivity contribution in [1.82, 2.24) is 4.37 Å². The summed E-state index contributed by atoms with van der Waals surface area (Å²) in [6.45, 7) is 0.674. The molecule has 0 unspecified atom stereocenters. The van der Waals surface area contributed by atoms with Gasteiger partial charge in [0.2, 0.25) is 0 Å². The molecule has 0 aliphatic rings. The van der Waals surface area contributed by atoms with Gasteiger partial charge in [-0.05, 0) is 44.5 Å². The summed E-state index contributed by atoms with van der Waals surface area (Å²) in [5, 5.41) is 2.77. The van der Waals surface area contributed by atoms with E-state index < -0.39 is 5.97 Å². The molecule has 0 aliphatic heterocycles. The SMILES string of the molecule is COC(=O)c1c(N)nsc1N(C)Cc1csc(Br)c1. The molecule has 0 aromatic carbocycles. The van der Waals surface area contributed by atoms with Crippen molar-refractivity contribution in [1.29, 1.82) is 0 Å². The molecular formula is C11H12BrN3O2S2. The zero-order valence-corrected chi connectivity index (χ0v) is 13.6. The molecule has 8 heteroatoms. The number of methoxy groups -OCH3 is 1. The highest BCUT2D eigenvalue weighted by Crippen LogP contribution is 2.32. The number of nitrogens with two attached hydrogens (primary N) is 1. The van der Waals surface area contributed by atoms with Gasteiger partial charge in [0.05, 0.1) is 10.9 Å². The molecule has 2 aromatic rings. The maximum atomic E-state index is 11.7. The Bertz CT molecular complexity index is 597. The molecule has 5 nitrogen and oxygen atoms in total. The van der Waals surface area contributed by atoms with Crippen molar-refractivity contribution in [2.75, 3.05) is 24.8 Å². The first-order valence-corrected chi connectivity index (χ1v) is 7.75. The van der Waals surface area contributed by atoms with Gasteiger partial charge in [-0.15, -0.1) is 11.3 Å². The van der Waals surface area contributed by atoms with Gasteiger partial charge in [-0.25, -0.2) is 4.79 Å². The van der Waals surface area contributed by atoms with E-state index in [9.17, 15) is 4.79 Å². The Balaban J connectivity index is 2.24. The second-order valence-corrected chi connectivity index (χ2v) is 6.90. The molecule has 0 saturated carbocycles. The normalized spacial score (nSPS) is 10.5. The van der Waals surface area contributed by atoms with Crippen LogP contribution in [0.3, 0.4) is 0 Å². The molecule has 0 amide bonds. The van der Waals surface area contributed by atoms with E-state index in [0.717, 1.165) is 9.35 Å². The summed E-state index contributed by atoms with van der Waals surface area (Å²) in [6.07, 6.45) is 0. The fraction of sp³-hybridized carbons (Fsp3) is 0.273. The number of ether oxygens (including phenoxy) is 1. The second kappa shape index (κ2) is 5.89. The molecule has 2 aromatic heterocycles. The van der Waals surface area contributed by atoms with E-state index >= 15 is 0 Å². The summed E-state index contributed by atoms with van der Waals surface area (Å²) in [5.74, 6) is -0.246. The minimum Gasteiger partial charge on any atom is -0.465 e. The minimum absolute atomic E-state index is 0.213. The van der Waals surface area contributed by atoms with E-state index in [4.69, 9.17) is 10.5 Å². The molecule has 2 rings (SSSR count). The van der Waals surface area contributed by atoms with Crippen molar-refractivity contribution in [2.45, 2.75) is 6.54 Å². The lowest BCUT2D eigenvalue weighted by Crippen LogP contribution is -2.18. The van der Waals surface area contributed by atoms with Gasteiger partial charge in [0.15, 0.2) is 5.82 Å². The highest BCUT2D eigenvalue weighted by Gasteiger charge is 2.22. The Kier molecular flexibility index (Phi) is 4.43. The number of nitrogen functional groups attached to an aromatic ring is 1. The minimum atomic E-state index is -0.459. The first-order chi connectivity index (χ1) is 9.02. The number of halogens is 1. The predicted octanol–water partition coefficient (Wildman–Crippen LogP) is 2.97. The number of hydrogen-bond donors (Lipinski definition) is 1. The number of anilines is 2. The van der Waals surface area contributed by atoms with Crippen molar-refractivity contribution < 1.29 is 9.53 Å². The van der Waals surface area contributed by atoms with Crippen LogP contribution in [0.1, 0.15) is 15.9 Å². The summed E-state index contributed by atoms with van der Waals surface area (Å²) >= 11 is 6.25. The van der Waals surface area contributed by atoms with Crippen LogP contribution < -0.4 is 10.6 Å². The van der Waals surface area contributed by atoms with Gasteiger partial charge in [0.1, 0.15) is 10.6 Å². The monoisotopic (exact) mass is 361 g/mol. The van der Waals surface area contributed by atoms with Crippen LogP contribution in [0.2, 0.25) is 0 Å². The number of carbonyl (C=O) groups excluding carboxylic acids is 1. The van der Waals surface area contributed by atoms with Gasteiger partial charge in [-0.1, -0.05) is 0 Å². The molecule has 0 radical (unpaired) electrons. The highest BCUT2D eigenvalue weighted by molar-refractivity contribution is 9.11. The van der Waals surface area contributed by atoms with E-state index in [-0.39, 0.29) is 5.82 Å². The van der Waals surface area contributed by atoms with Crippen molar-refractivity contribution in [2.24, 2.45) is 0 Å². The molecule has 0 atom stereocenters. The Labute approximate surface area is 127 Å². The maximum Gasteiger partial charge on any atom is 0.344 e. The van der Waals surface area contributed by atoms with Gasteiger partial charge in [-0.3, -0.25) is 0 Å². The number of aromatic nitrogens is 1. The van der Waals surface area contributed by atoms with Gasteiger partial charge in [0.25, 0.3) is 0 Å². The maximum absolute atomic E-state index is 11.7. The van der Waals surface area contributed by atoms with Crippen LogP contribution in [0, 0.1) is 0 Å². The molecule has 102 valence electrons. The van der Waals surface area contributed by atoms with Crippen molar-refractivity contribution in [3.63, 3.8) is 0 Å². The van der Waals surface area contributed by atoms with Crippen LogP contribution in [0.5, 0.6) is 0 Å². The number of carbonyl (C=O) groups is 1. The number of nitrogens with zero attached hydrogens (tertiary/aromatic N) is 2. The average molecular weight is 362 g/mol. The lowest BCUT2D eigenvalue weighted by Gasteiger charge is -2.17. The molecule has 0 aliphatic carbocycles. The van der Waals surface area contributed by atoms with Gasteiger partial charge >= 0.3 is 5.97 Å². The molecule has 0 saturated heterocycles. The fourth-order valence-corrected chi connectivity index (χ4v) is 3.58. The predicted molar refractivity (Wildman–Crippen MR) is 82.0 cm³/mol. The molecular weight excluding hydrogens is 350 g/mol. The van der Waals surface area contributed by atoms with Crippen LogP contribution in [0.4, 0.5) is 10.8 Å². The highest BCUT2D eigenvalue weighted by atomic mass is 79.9. The topological polar surface area (TPSA) is 68.5 Å². The summed E-state index contributed by atoms with van der Waals surface area (Å²) < 4.78 is 9.84. The lowest BCUT2D eigenvalue weighted by atomic mass is 10.2. The van der Waals surface area contributed by atoms with Crippen LogP contribution in [-0.4, -0.2) is 24.5 Å². The molecule has 0 fully saturated rings. The summed E-state index contributed by atoms with van der Waals surface area (Å²) in [6, 6.07) is 2.05. The molecule has 0 spiro atoms. The number of rotatable bonds is 4. The quantitative estimate of drug-likeness (QED) is 0.847. The average Bonchev–Trinajstić information content (AvgIpc) is 2.94. The zero-order valence-electron chi connectivity index (χ0n) is 10.3. The molecule has 19 heavy (non-hydrogen) atoms. The van der Waals surface area contributed by atoms with Crippen molar-refractivity contribution in [3.05, 3.63) is 26.4 Å². The van der Waals surface area contributed by atoms with Crippen LogP contribution in [0.25, 0.3) is 0 Å². The Hall–Kier alpha value is -1.12. The smallest absolute Gasteiger partial charge is 0.344 e. The van der Waals surface area contributed by atoms with Gasteiger partial charge < -0.3 is 15.4 Å². The lowest BCUT2D eigenvalue weighted by molar-refractivity contribution is 0.0603. The van der Waals surface area contributed by atoms with E-state index in [1.807, 2.05) is 18.0 Å². The van der Waals surface area contributed by atoms with Gasteiger partial charge in [0, 0.05) is 13.6 Å². The molecule has 0 bridgehead atoms. The third kappa shape index (κ3) is 3.07. The van der Waals surface area contributed by atoms with E-state index in [2.05, 4.69) is 25.7 Å². The number of esters is 1. The third-order valence-corrected chi connectivity index (χ3v) is 5.01. The van der Waals surface area contributed by atoms with Gasteiger partial charge in [-0.2, -0.15) is 4.37 Å². The third-order valence-electron chi connectivity index (χ3n) is 2.48. The Morgan fingerprint density at radius 3 is 2.95 bits per heavy atom. The Morgan fingerprint density at radius 2 is 2.37 bits per heavy atom. The standard InChI is InChI=1S/C11H12BrN3O2S2/c1-15(4-6-3-7(12)18-5-6)10-8(11(16)17-2)9(13)14-19-10/h3,5H,4H2,1-2H3,(H2,13,14). The number of thiophene rings is 1. The van der Waals surface area contributed by atoms with E-state index in [1.54, 1.807) is 11.3 Å². The molecule has 2 N–H and O–H groups in total. The summed E-state index contributed by atoms with van der Waals surface area (Å²) in [7, 11) is 3.23. The van der Waals surface area contributed by atoms with Crippen molar-refractivity contribution >= 4 is 55.6 Å². The largest absolute Gasteiger partial charge is 0.465 e. The fourth-order valence-electron chi connectivity index (χ4n) is 1.62. The Morgan fingerprint density at radius 1 is 1.63 bits per heavy atom. The van der Waals surface area contributed by atoms with Crippen LogP contribution >= 0.6 is 38.8 Å². The van der Waals surface area contributed by atoms with Crippen LogP contribution in [0.15, 0.2) is 15.2 Å². The van der Waals surface area contributed by atoms with Crippen LogP contribution in [-0.2, 0) is 11.3 Å². The first-order valence-electron chi connectivity index (χ1n) is 5.30. The number of hydrogen-bond acceptors (Lipinski definition) is 7. The second-order valence-electron chi connectivity index (χ2n) is 3.85.